The number of nitrogens with two attached hydrogens (primary N) is 1. The second-order valence-corrected chi connectivity index (χ2v) is 7.60. The minimum atomic E-state index is -0.0973. The van der Waals surface area contributed by atoms with Crippen LogP contribution in [0.25, 0.3) is 0 Å². The van der Waals surface area contributed by atoms with Crippen molar-refractivity contribution in [2.24, 2.45) is 17.6 Å². The standard InChI is InChI=1S/C19H42N2O/c1-7-8-9-10-11-12-18(21-14-13-20)17(15-16(2)3)19(4,5)22-6/h16-18,21H,7-15,20H2,1-6H3. The Bertz CT molecular complexity index is 254. The van der Waals surface area contributed by atoms with Crippen LogP contribution in [0.3, 0.4) is 0 Å². The van der Waals surface area contributed by atoms with Crippen LogP contribution in [-0.2, 0) is 4.74 Å². The average molecular weight is 315 g/mol. The van der Waals surface area contributed by atoms with E-state index in [0.29, 0.717) is 24.4 Å². The van der Waals surface area contributed by atoms with Gasteiger partial charge in [-0.05, 0) is 32.6 Å². The van der Waals surface area contributed by atoms with E-state index >= 15 is 0 Å². The van der Waals surface area contributed by atoms with E-state index in [9.17, 15) is 0 Å². The summed E-state index contributed by atoms with van der Waals surface area (Å²) in [5, 5.41) is 3.70. The van der Waals surface area contributed by atoms with Crippen LogP contribution in [0.4, 0.5) is 0 Å². The monoisotopic (exact) mass is 314 g/mol. The molecule has 0 aliphatic carbocycles. The molecule has 3 N–H and O–H groups in total. The molecular weight excluding hydrogens is 272 g/mol. The van der Waals surface area contributed by atoms with E-state index in [0.717, 1.165) is 6.54 Å². The highest BCUT2D eigenvalue weighted by molar-refractivity contribution is 4.89. The number of methoxy groups -OCH3 is 1. The van der Waals surface area contributed by atoms with Gasteiger partial charge in [-0.25, -0.2) is 0 Å². The van der Waals surface area contributed by atoms with E-state index in [1.165, 1.54) is 44.9 Å². The summed E-state index contributed by atoms with van der Waals surface area (Å²) in [4.78, 5) is 0. The normalized spacial score (nSPS) is 15.3. The maximum atomic E-state index is 5.84. The molecular formula is C19H42N2O. The molecule has 0 heterocycles. The van der Waals surface area contributed by atoms with E-state index in [-0.39, 0.29) is 5.60 Å². The van der Waals surface area contributed by atoms with Crippen molar-refractivity contribution in [3.05, 3.63) is 0 Å². The van der Waals surface area contributed by atoms with Crippen molar-refractivity contribution < 1.29 is 4.74 Å². The molecule has 0 saturated heterocycles. The van der Waals surface area contributed by atoms with Crippen LogP contribution in [0.5, 0.6) is 0 Å². The summed E-state index contributed by atoms with van der Waals surface area (Å²) in [6.45, 7) is 12.9. The van der Waals surface area contributed by atoms with Crippen LogP contribution in [0.2, 0.25) is 0 Å². The van der Waals surface area contributed by atoms with E-state index in [4.69, 9.17) is 10.5 Å². The lowest BCUT2D eigenvalue weighted by atomic mass is 9.77. The number of nitrogens with one attached hydrogen (secondary N) is 1. The smallest absolute Gasteiger partial charge is 0.0665 e. The second-order valence-electron chi connectivity index (χ2n) is 7.60. The molecule has 0 aromatic carbocycles. The summed E-state index contributed by atoms with van der Waals surface area (Å²) >= 11 is 0. The Labute approximate surface area is 139 Å². The van der Waals surface area contributed by atoms with Crippen LogP contribution >= 0.6 is 0 Å². The van der Waals surface area contributed by atoms with Crippen molar-refractivity contribution in [3.63, 3.8) is 0 Å². The lowest BCUT2D eigenvalue weighted by molar-refractivity contribution is -0.0491. The Morgan fingerprint density at radius 1 is 1.09 bits per heavy atom. The van der Waals surface area contributed by atoms with Gasteiger partial charge in [0.05, 0.1) is 5.60 Å². The number of ether oxygens (including phenoxy) is 1. The highest BCUT2D eigenvalue weighted by Crippen LogP contribution is 2.32. The van der Waals surface area contributed by atoms with Crippen molar-refractivity contribution in [2.45, 2.75) is 91.2 Å². The fraction of sp³-hybridized carbons (Fsp3) is 1.00. The molecule has 0 spiro atoms. The first-order chi connectivity index (χ1) is 10.4. The molecule has 0 aromatic rings. The molecule has 3 heteroatoms. The third-order valence-corrected chi connectivity index (χ3v) is 4.80. The molecule has 2 unspecified atom stereocenters. The highest BCUT2D eigenvalue weighted by atomic mass is 16.5. The molecule has 134 valence electrons. The molecule has 22 heavy (non-hydrogen) atoms. The largest absolute Gasteiger partial charge is 0.378 e. The van der Waals surface area contributed by atoms with Gasteiger partial charge >= 0.3 is 0 Å². The van der Waals surface area contributed by atoms with Gasteiger partial charge in [0.25, 0.3) is 0 Å². The molecule has 0 bridgehead atoms. The van der Waals surface area contributed by atoms with E-state index in [1.807, 2.05) is 7.11 Å². The van der Waals surface area contributed by atoms with Gasteiger partial charge in [-0.1, -0.05) is 52.9 Å². The number of hydrogen-bond acceptors (Lipinski definition) is 3. The van der Waals surface area contributed by atoms with Gasteiger partial charge in [0, 0.05) is 32.2 Å². The van der Waals surface area contributed by atoms with Crippen LogP contribution in [0.1, 0.15) is 79.6 Å². The predicted octanol–water partition coefficient (Wildman–Crippen LogP) is 4.35. The first-order valence-corrected chi connectivity index (χ1v) is 9.37. The van der Waals surface area contributed by atoms with Crippen molar-refractivity contribution >= 4 is 0 Å². The molecule has 0 aromatic heterocycles. The summed E-state index contributed by atoms with van der Waals surface area (Å²) < 4.78 is 5.84. The predicted molar refractivity (Wildman–Crippen MR) is 98.3 cm³/mol. The molecule has 0 aliphatic heterocycles. The maximum absolute atomic E-state index is 5.84. The zero-order chi connectivity index (χ0) is 17.0. The van der Waals surface area contributed by atoms with Gasteiger partial charge in [0.15, 0.2) is 0 Å². The molecule has 0 rings (SSSR count). The number of hydrogen-bond donors (Lipinski definition) is 2. The fourth-order valence-electron chi connectivity index (χ4n) is 3.27. The highest BCUT2D eigenvalue weighted by Gasteiger charge is 2.35. The van der Waals surface area contributed by atoms with Gasteiger partial charge in [-0.3, -0.25) is 0 Å². The van der Waals surface area contributed by atoms with Crippen molar-refractivity contribution in [1.82, 2.24) is 5.32 Å². The number of unbranched alkanes of at least 4 members (excludes halogenated alkanes) is 4. The Morgan fingerprint density at radius 3 is 2.23 bits per heavy atom. The van der Waals surface area contributed by atoms with Gasteiger partial charge in [0.2, 0.25) is 0 Å². The summed E-state index contributed by atoms with van der Waals surface area (Å²) in [7, 11) is 1.84. The maximum Gasteiger partial charge on any atom is 0.0665 e. The SMILES string of the molecule is CCCCCCCC(NCCN)C(CC(C)C)C(C)(C)OC. The number of rotatable bonds is 14. The molecule has 0 amide bonds. The van der Waals surface area contributed by atoms with Gasteiger partial charge in [-0.15, -0.1) is 0 Å². The quantitative estimate of drug-likeness (QED) is 0.469. The molecule has 0 saturated carbocycles. The summed E-state index contributed by atoms with van der Waals surface area (Å²) in [6.07, 6.45) is 9.10. The van der Waals surface area contributed by atoms with Crippen LogP contribution in [0, 0.1) is 11.8 Å². The van der Waals surface area contributed by atoms with Crippen molar-refractivity contribution in [3.8, 4) is 0 Å². The lowest BCUT2D eigenvalue weighted by Gasteiger charge is -2.40. The first-order valence-electron chi connectivity index (χ1n) is 9.37. The van der Waals surface area contributed by atoms with E-state index in [2.05, 4.69) is 39.9 Å². The third kappa shape index (κ3) is 9.12. The second kappa shape index (κ2) is 12.3. The average Bonchev–Trinajstić information content (AvgIpc) is 2.47. The van der Waals surface area contributed by atoms with Gasteiger partial charge < -0.3 is 15.8 Å². The fourth-order valence-corrected chi connectivity index (χ4v) is 3.27. The van der Waals surface area contributed by atoms with Gasteiger partial charge in [0.1, 0.15) is 0 Å². The van der Waals surface area contributed by atoms with E-state index < -0.39 is 0 Å². The summed E-state index contributed by atoms with van der Waals surface area (Å²) in [5.74, 6) is 1.21. The Hall–Kier alpha value is -0.120. The minimum absolute atomic E-state index is 0.0973. The third-order valence-electron chi connectivity index (χ3n) is 4.80. The van der Waals surface area contributed by atoms with Crippen LogP contribution in [-0.4, -0.2) is 31.8 Å². The molecule has 0 fully saturated rings. The molecule has 3 nitrogen and oxygen atoms in total. The van der Waals surface area contributed by atoms with Crippen molar-refractivity contribution in [2.75, 3.05) is 20.2 Å². The molecule has 2 atom stereocenters. The lowest BCUT2D eigenvalue weighted by Crippen LogP contribution is -2.49. The minimum Gasteiger partial charge on any atom is -0.378 e. The Morgan fingerprint density at radius 2 is 1.73 bits per heavy atom. The van der Waals surface area contributed by atoms with Crippen molar-refractivity contribution in [1.29, 1.82) is 0 Å². The van der Waals surface area contributed by atoms with Crippen LogP contribution in [0.15, 0.2) is 0 Å². The molecule has 0 radical (unpaired) electrons. The zero-order valence-corrected chi connectivity index (χ0v) is 16.1. The first kappa shape index (κ1) is 21.9. The molecule has 0 aliphatic rings. The summed E-state index contributed by atoms with van der Waals surface area (Å²) in [6, 6.07) is 0.502. The Kier molecular flexibility index (Phi) is 12.3. The van der Waals surface area contributed by atoms with Crippen LogP contribution < -0.4 is 11.1 Å². The van der Waals surface area contributed by atoms with E-state index in [1.54, 1.807) is 0 Å². The van der Waals surface area contributed by atoms with Gasteiger partial charge in [-0.2, -0.15) is 0 Å². The zero-order valence-electron chi connectivity index (χ0n) is 16.1. The topological polar surface area (TPSA) is 47.3 Å². The Balaban J connectivity index is 4.73. The summed E-state index contributed by atoms with van der Waals surface area (Å²) in [5.41, 5.74) is 5.62.